The van der Waals surface area contributed by atoms with E-state index in [1.165, 1.54) is 6.07 Å². The third-order valence-electron chi connectivity index (χ3n) is 7.57. The Balaban J connectivity index is 1.71. The highest BCUT2D eigenvalue weighted by molar-refractivity contribution is 6.09. The number of rotatable bonds is 5. The summed E-state index contributed by atoms with van der Waals surface area (Å²) in [6, 6.07) is 8.78. The number of aryl methyl sites for hydroxylation is 2. The summed E-state index contributed by atoms with van der Waals surface area (Å²) in [7, 11) is 1.56. The van der Waals surface area contributed by atoms with Crippen molar-refractivity contribution in [3.63, 3.8) is 0 Å². The molecule has 2 aliphatic rings. The quantitative estimate of drug-likeness (QED) is 0.492. The van der Waals surface area contributed by atoms with Crippen molar-refractivity contribution in [3.05, 3.63) is 75.1 Å². The monoisotopic (exact) mass is 503 g/mol. The maximum absolute atomic E-state index is 15.3. The molecule has 0 aliphatic carbocycles. The lowest BCUT2D eigenvalue weighted by molar-refractivity contribution is -0.136. The van der Waals surface area contributed by atoms with E-state index in [0.29, 0.717) is 54.2 Å². The van der Waals surface area contributed by atoms with Crippen molar-refractivity contribution in [1.29, 1.82) is 0 Å². The Hall–Kier alpha value is -3.87. The van der Waals surface area contributed by atoms with Gasteiger partial charge in [-0.1, -0.05) is 6.07 Å². The van der Waals surface area contributed by atoms with Crippen LogP contribution in [0, 0.1) is 26.6 Å². The topological polar surface area (TPSA) is 76.1 Å². The minimum Gasteiger partial charge on any atom is -0.497 e. The minimum absolute atomic E-state index is 0.145. The number of anilines is 1. The van der Waals surface area contributed by atoms with Gasteiger partial charge in [0, 0.05) is 23.4 Å². The van der Waals surface area contributed by atoms with Gasteiger partial charge in [-0.25, -0.2) is 4.39 Å². The minimum atomic E-state index is -0.957. The first-order chi connectivity index (χ1) is 17.7. The maximum atomic E-state index is 15.3. The first kappa shape index (κ1) is 24.8. The largest absolute Gasteiger partial charge is 0.497 e. The molecule has 0 saturated heterocycles. The second kappa shape index (κ2) is 9.54. The van der Waals surface area contributed by atoms with Crippen LogP contribution in [-0.4, -0.2) is 37.2 Å². The van der Waals surface area contributed by atoms with Gasteiger partial charge in [0.05, 0.1) is 20.1 Å². The number of amides is 1. The highest BCUT2D eigenvalue weighted by Gasteiger charge is 2.33. The molecule has 1 N–H and O–H groups in total. The van der Waals surface area contributed by atoms with Crippen LogP contribution in [0.3, 0.4) is 0 Å². The average molecular weight is 504 g/mol. The normalized spacial score (nSPS) is 14.1. The van der Waals surface area contributed by atoms with Crippen LogP contribution < -0.4 is 14.4 Å². The molecule has 5 rings (SSSR count). The van der Waals surface area contributed by atoms with Crippen molar-refractivity contribution in [3.8, 4) is 22.6 Å². The molecule has 0 aromatic heterocycles. The van der Waals surface area contributed by atoms with Gasteiger partial charge in [0.1, 0.15) is 5.75 Å². The summed E-state index contributed by atoms with van der Waals surface area (Å²) in [5.74, 6) is -0.647. The van der Waals surface area contributed by atoms with E-state index in [0.717, 1.165) is 45.5 Å². The fourth-order valence-electron chi connectivity index (χ4n) is 5.66. The number of carbonyl (C=O) groups is 2. The van der Waals surface area contributed by atoms with Crippen LogP contribution in [0.4, 0.5) is 10.1 Å². The van der Waals surface area contributed by atoms with Gasteiger partial charge in [-0.3, -0.25) is 9.59 Å². The standard InChI is InChI=1S/C30H30FNO5/c1-16-7-8-19(36-4)13-23(16)30(35)32-10-9-21-26(32)12-17(2)22(15-27(33)34)28(21)24-14-25(31)29-20(18(24)3)6-5-11-37-29/h7-8,12-14H,5-6,9-11,15H2,1-4H3,(H,33,34). The molecule has 0 radical (unpaired) electrons. The van der Waals surface area contributed by atoms with Crippen molar-refractivity contribution < 1.29 is 28.6 Å². The molecule has 1 amide bonds. The van der Waals surface area contributed by atoms with E-state index in [2.05, 4.69) is 0 Å². The molecular formula is C30H30FNO5. The number of carboxylic acids is 1. The van der Waals surface area contributed by atoms with Crippen LogP contribution in [-0.2, 0) is 24.1 Å². The van der Waals surface area contributed by atoms with Crippen molar-refractivity contribution in [2.24, 2.45) is 0 Å². The summed E-state index contributed by atoms with van der Waals surface area (Å²) in [5.41, 5.74) is 7.52. The van der Waals surface area contributed by atoms with Crippen LogP contribution in [0.2, 0.25) is 0 Å². The summed E-state index contributed by atoms with van der Waals surface area (Å²) < 4.78 is 26.2. The zero-order valence-electron chi connectivity index (χ0n) is 21.5. The van der Waals surface area contributed by atoms with Gasteiger partial charge in [0.2, 0.25) is 0 Å². The molecule has 0 fully saturated rings. The summed E-state index contributed by atoms with van der Waals surface area (Å²) in [4.78, 5) is 27.3. The number of fused-ring (bicyclic) bond motifs is 2. The summed E-state index contributed by atoms with van der Waals surface area (Å²) in [6.45, 7) is 6.61. The predicted molar refractivity (Wildman–Crippen MR) is 140 cm³/mol. The average Bonchev–Trinajstić information content (AvgIpc) is 3.29. The number of hydrogen-bond acceptors (Lipinski definition) is 4. The second-order valence-corrected chi connectivity index (χ2v) is 9.79. The van der Waals surface area contributed by atoms with Crippen molar-refractivity contribution in [2.45, 2.75) is 46.5 Å². The molecule has 0 unspecified atom stereocenters. The first-order valence-electron chi connectivity index (χ1n) is 12.5. The van der Waals surface area contributed by atoms with Gasteiger partial charge in [-0.15, -0.1) is 0 Å². The molecule has 192 valence electrons. The van der Waals surface area contributed by atoms with Crippen molar-refractivity contribution in [1.82, 2.24) is 0 Å². The Bertz CT molecular complexity index is 1440. The van der Waals surface area contributed by atoms with Gasteiger partial charge in [0.15, 0.2) is 11.6 Å². The molecule has 0 spiro atoms. The molecular weight excluding hydrogens is 473 g/mol. The van der Waals surface area contributed by atoms with Crippen LogP contribution >= 0.6 is 0 Å². The summed E-state index contributed by atoms with van der Waals surface area (Å²) in [6.07, 6.45) is 1.85. The lowest BCUT2D eigenvalue weighted by atomic mass is 9.84. The zero-order valence-corrected chi connectivity index (χ0v) is 21.5. The lowest BCUT2D eigenvalue weighted by Crippen LogP contribution is -2.29. The number of benzene rings is 3. The van der Waals surface area contributed by atoms with Gasteiger partial charge < -0.3 is 19.5 Å². The van der Waals surface area contributed by atoms with E-state index in [-0.39, 0.29) is 12.3 Å². The number of carboxylic acid groups (broad SMARTS) is 1. The smallest absolute Gasteiger partial charge is 0.307 e. The van der Waals surface area contributed by atoms with E-state index in [1.807, 2.05) is 39.0 Å². The van der Waals surface area contributed by atoms with Crippen molar-refractivity contribution in [2.75, 3.05) is 25.2 Å². The first-order valence-corrected chi connectivity index (χ1v) is 12.5. The highest BCUT2D eigenvalue weighted by Crippen LogP contribution is 2.45. The third kappa shape index (κ3) is 4.22. The van der Waals surface area contributed by atoms with Crippen molar-refractivity contribution >= 4 is 17.6 Å². The Morgan fingerprint density at radius 2 is 1.86 bits per heavy atom. The fraction of sp³-hybridized carbons (Fsp3) is 0.333. The molecule has 37 heavy (non-hydrogen) atoms. The predicted octanol–water partition coefficient (Wildman–Crippen LogP) is 5.58. The maximum Gasteiger partial charge on any atom is 0.307 e. The number of aliphatic carboxylic acids is 1. The highest BCUT2D eigenvalue weighted by atomic mass is 19.1. The van der Waals surface area contributed by atoms with E-state index in [1.54, 1.807) is 18.1 Å². The molecule has 0 saturated carbocycles. The van der Waals surface area contributed by atoms with Crippen LogP contribution in [0.25, 0.3) is 11.1 Å². The Morgan fingerprint density at radius 3 is 2.59 bits per heavy atom. The van der Waals surface area contributed by atoms with Gasteiger partial charge >= 0.3 is 5.97 Å². The number of hydrogen-bond donors (Lipinski definition) is 1. The second-order valence-electron chi connectivity index (χ2n) is 9.79. The lowest BCUT2D eigenvalue weighted by Gasteiger charge is -2.25. The zero-order chi connectivity index (χ0) is 26.4. The Labute approximate surface area is 215 Å². The number of methoxy groups -OCH3 is 1. The summed E-state index contributed by atoms with van der Waals surface area (Å²) >= 11 is 0. The molecule has 6 nitrogen and oxygen atoms in total. The van der Waals surface area contributed by atoms with Gasteiger partial charge in [-0.2, -0.15) is 0 Å². The molecule has 7 heteroatoms. The number of ether oxygens (including phenoxy) is 2. The van der Waals surface area contributed by atoms with Gasteiger partial charge in [0.25, 0.3) is 5.91 Å². The molecule has 2 aliphatic heterocycles. The molecule has 2 heterocycles. The van der Waals surface area contributed by atoms with Crippen LogP contribution in [0.1, 0.15) is 50.2 Å². The van der Waals surface area contributed by atoms with E-state index >= 15 is 4.39 Å². The number of nitrogens with zero attached hydrogens (tertiary/aromatic N) is 1. The number of halogens is 1. The molecule has 3 aromatic carbocycles. The molecule has 0 bridgehead atoms. The fourth-order valence-corrected chi connectivity index (χ4v) is 5.66. The van der Waals surface area contributed by atoms with Crippen LogP contribution in [0.15, 0.2) is 30.3 Å². The van der Waals surface area contributed by atoms with E-state index in [4.69, 9.17) is 9.47 Å². The Kier molecular flexibility index (Phi) is 6.40. The number of carbonyl (C=O) groups excluding carboxylic acids is 1. The van der Waals surface area contributed by atoms with E-state index < -0.39 is 11.8 Å². The molecule has 0 atom stereocenters. The van der Waals surface area contributed by atoms with Gasteiger partial charge in [-0.05, 0) is 103 Å². The molecule has 3 aromatic rings. The van der Waals surface area contributed by atoms with Crippen LogP contribution in [0.5, 0.6) is 11.5 Å². The SMILES string of the molecule is COc1ccc(C)c(C(=O)N2CCc3c2cc(C)c(CC(=O)O)c3-c2cc(F)c3c(c2C)CCCO3)c1. The Morgan fingerprint density at radius 1 is 1.08 bits per heavy atom. The third-order valence-corrected chi connectivity index (χ3v) is 7.57. The summed E-state index contributed by atoms with van der Waals surface area (Å²) in [5, 5.41) is 9.73. The van der Waals surface area contributed by atoms with E-state index in [9.17, 15) is 14.7 Å².